The van der Waals surface area contributed by atoms with Gasteiger partial charge < -0.3 is 0 Å². The molecule has 4 aliphatic carbocycles. The normalized spacial score (nSPS) is 13.7. The minimum Gasteiger partial charge on any atom is -0.0622 e. The lowest BCUT2D eigenvalue weighted by atomic mass is 9.70. The van der Waals surface area contributed by atoms with Gasteiger partial charge in [-0.2, -0.15) is 0 Å². The molecule has 0 saturated carbocycles. The van der Waals surface area contributed by atoms with Crippen LogP contribution in [0.25, 0.3) is 154 Å². The molecular formula is C94H56. The highest BCUT2D eigenvalue weighted by atomic mass is 14.5. The van der Waals surface area contributed by atoms with Crippen molar-refractivity contribution in [2.75, 3.05) is 0 Å². The summed E-state index contributed by atoms with van der Waals surface area (Å²) in [5.74, 6) is 0. The topological polar surface area (TPSA) is 0 Å². The summed E-state index contributed by atoms with van der Waals surface area (Å²) in [6, 6.07) is 130. The molecule has 17 aromatic rings. The Morgan fingerprint density at radius 3 is 0.979 bits per heavy atom. The van der Waals surface area contributed by atoms with Gasteiger partial charge in [-0.25, -0.2) is 0 Å². The number of hydrogen-bond donors (Lipinski definition) is 0. The second-order valence-electron chi connectivity index (χ2n) is 26.3. The second-order valence-corrected chi connectivity index (χ2v) is 26.3. The zero-order chi connectivity index (χ0) is 61.4. The van der Waals surface area contributed by atoms with Gasteiger partial charge in [0.1, 0.15) is 0 Å². The fourth-order valence-electron chi connectivity index (χ4n) is 18.4. The van der Waals surface area contributed by atoms with Crippen LogP contribution in [0.15, 0.2) is 340 Å². The Balaban J connectivity index is 0.944. The van der Waals surface area contributed by atoms with Crippen LogP contribution in [0, 0.1) is 0 Å². The van der Waals surface area contributed by atoms with E-state index >= 15 is 0 Å². The van der Waals surface area contributed by atoms with E-state index in [1.165, 1.54) is 199 Å². The lowest BCUT2D eigenvalue weighted by molar-refractivity contribution is 0.794. The van der Waals surface area contributed by atoms with Crippen molar-refractivity contribution < 1.29 is 0 Å². The van der Waals surface area contributed by atoms with Crippen molar-refractivity contribution in [1.29, 1.82) is 0 Å². The molecule has 21 rings (SSSR count). The van der Waals surface area contributed by atoms with Gasteiger partial charge in [0.2, 0.25) is 0 Å². The molecule has 0 nitrogen and oxygen atoms in total. The van der Waals surface area contributed by atoms with Gasteiger partial charge in [0.05, 0.1) is 10.8 Å². The maximum absolute atomic E-state index is 2.63. The van der Waals surface area contributed by atoms with Gasteiger partial charge in [-0.15, -0.1) is 0 Å². The van der Waals surface area contributed by atoms with E-state index < -0.39 is 10.8 Å². The standard InChI is InChI=1S/C94H56/c1-3-23-57(24-4-1)61-45-50-75-77(52-61)90(64-47-49-73-71-35-16-22-42-86(71)94(88(73)54-64)83-39-19-13-32-68(83)69-33-14-20-40-84(69)94)80-56-78-76(65-29-9-10-36-74(65)92(91(78)59-26-5-2-6-27-59)62-44-43-58-25-7-8-28-60(58)51-62)55-79(80)89(75)63-46-48-72-70-34-15-21-41-85(70)93(87(72)53-63)81-37-17-11-30-66(81)67-31-12-18-38-82(67)93/h1-56H. The molecule has 0 aromatic heterocycles. The molecule has 94 heavy (non-hydrogen) atoms. The predicted octanol–water partition coefficient (Wildman–Crippen LogP) is 24.5. The Labute approximate surface area is 545 Å². The lowest BCUT2D eigenvalue weighted by Crippen LogP contribution is -2.25. The maximum atomic E-state index is 2.63. The van der Waals surface area contributed by atoms with E-state index in [-0.39, 0.29) is 0 Å². The summed E-state index contributed by atoms with van der Waals surface area (Å²) in [4.78, 5) is 0. The number of rotatable bonds is 5. The lowest BCUT2D eigenvalue weighted by Gasteiger charge is -2.31. The summed E-state index contributed by atoms with van der Waals surface area (Å²) in [6.45, 7) is 0. The van der Waals surface area contributed by atoms with Gasteiger partial charge in [-0.05, 0) is 235 Å². The highest BCUT2D eigenvalue weighted by molar-refractivity contribution is 6.30. The SMILES string of the molecule is c1ccc(-c2ccc3c(-c4ccc5c(c4)C4(c6ccccc6-c6ccccc64)c4ccccc4-5)c4cc5c(cc4c(-c4ccc6c(c4)C4(c7ccccc7-c7ccccc74)c4ccccc4-6)c3c2)c(-c2ccccc2)c(-c2ccc3ccccc3c2)c2ccccc25)cc1. The monoisotopic (exact) mass is 1180 g/mol. The molecule has 0 unspecified atom stereocenters. The number of fused-ring (bicyclic) bond motifs is 26. The summed E-state index contributed by atoms with van der Waals surface area (Å²) >= 11 is 0. The van der Waals surface area contributed by atoms with Crippen LogP contribution in [0.3, 0.4) is 0 Å². The zero-order valence-corrected chi connectivity index (χ0v) is 51.3. The fraction of sp³-hybridized carbons (Fsp3) is 0.0213. The Hall–Kier alpha value is -12.0. The highest BCUT2D eigenvalue weighted by Gasteiger charge is 2.53. The number of benzene rings is 17. The summed E-state index contributed by atoms with van der Waals surface area (Å²) in [6.07, 6.45) is 0. The molecule has 0 saturated heterocycles. The molecule has 0 heterocycles. The summed E-state index contributed by atoms with van der Waals surface area (Å²) in [7, 11) is 0. The molecule has 0 radical (unpaired) electrons. The third-order valence-corrected chi connectivity index (χ3v) is 22.0. The molecule has 0 bridgehead atoms. The van der Waals surface area contributed by atoms with Gasteiger partial charge in [0, 0.05) is 0 Å². The largest absolute Gasteiger partial charge is 0.0725 e. The predicted molar refractivity (Wildman–Crippen MR) is 394 cm³/mol. The molecular weight excluding hydrogens is 1130 g/mol. The van der Waals surface area contributed by atoms with Crippen LogP contribution in [0.4, 0.5) is 0 Å². The van der Waals surface area contributed by atoms with Crippen molar-refractivity contribution >= 4 is 53.9 Å². The first kappa shape index (κ1) is 51.7. The molecule has 432 valence electrons. The number of hydrogen-bond acceptors (Lipinski definition) is 0. The quantitative estimate of drug-likeness (QED) is 0.119. The average Bonchev–Trinajstić information content (AvgIpc) is 1.51. The van der Waals surface area contributed by atoms with E-state index in [9.17, 15) is 0 Å². The van der Waals surface area contributed by atoms with Gasteiger partial charge in [0.25, 0.3) is 0 Å². The van der Waals surface area contributed by atoms with Crippen molar-refractivity contribution in [1.82, 2.24) is 0 Å². The van der Waals surface area contributed by atoms with Gasteiger partial charge in [0.15, 0.2) is 0 Å². The van der Waals surface area contributed by atoms with Crippen molar-refractivity contribution in [2.45, 2.75) is 10.8 Å². The van der Waals surface area contributed by atoms with Crippen LogP contribution in [-0.2, 0) is 10.8 Å². The first-order chi connectivity index (χ1) is 46.6. The minimum atomic E-state index is -0.536. The summed E-state index contributed by atoms with van der Waals surface area (Å²) in [5, 5.41) is 12.2. The third-order valence-electron chi connectivity index (χ3n) is 22.0. The van der Waals surface area contributed by atoms with Crippen molar-refractivity contribution in [3.8, 4) is 100 Å². The van der Waals surface area contributed by atoms with Gasteiger partial charge in [-0.1, -0.05) is 303 Å². The Bertz CT molecular complexity index is 6030. The van der Waals surface area contributed by atoms with E-state index in [4.69, 9.17) is 0 Å². The fourth-order valence-corrected chi connectivity index (χ4v) is 18.4. The molecule has 0 heteroatoms. The van der Waals surface area contributed by atoms with E-state index in [1.807, 2.05) is 0 Å². The molecule has 0 fully saturated rings. The minimum absolute atomic E-state index is 0.525. The van der Waals surface area contributed by atoms with Crippen LogP contribution < -0.4 is 0 Å². The molecule has 0 atom stereocenters. The Morgan fingerprint density at radius 2 is 0.468 bits per heavy atom. The van der Waals surface area contributed by atoms with Crippen LogP contribution >= 0.6 is 0 Å². The van der Waals surface area contributed by atoms with Gasteiger partial charge >= 0.3 is 0 Å². The molecule has 0 aliphatic heterocycles. The first-order valence-electron chi connectivity index (χ1n) is 33.0. The van der Waals surface area contributed by atoms with Crippen molar-refractivity contribution in [3.05, 3.63) is 384 Å². The third kappa shape index (κ3) is 6.76. The Kier molecular flexibility index (Phi) is 10.6. The first-order valence-corrected chi connectivity index (χ1v) is 33.0. The average molecular weight is 1190 g/mol. The molecule has 2 spiro atoms. The van der Waals surface area contributed by atoms with Crippen LogP contribution in [0.5, 0.6) is 0 Å². The maximum Gasteiger partial charge on any atom is 0.0725 e. The van der Waals surface area contributed by atoms with E-state index in [0.717, 1.165) is 0 Å². The van der Waals surface area contributed by atoms with Crippen LogP contribution in [0.2, 0.25) is 0 Å². The molecule has 0 amide bonds. The summed E-state index contributed by atoms with van der Waals surface area (Å²) in [5.41, 5.74) is 32.1. The van der Waals surface area contributed by atoms with Crippen LogP contribution in [0.1, 0.15) is 44.5 Å². The van der Waals surface area contributed by atoms with Crippen LogP contribution in [-0.4, -0.2) is 0 Å². The Morgan fingerprint density at radius 1 is 0.138 bits per heavy atom. The second kappa shape index (κ2) is 19.3. The van der Waals surface area contributed by atoms with E-state index in [2.05, 4.69) is 340 Å². The smallest absolute Gasteiger partial charge is 0.0622 e. The van der Waals surface area contributed by atoms with E-state index in [1.54, 1.807) is 0 Å². The summed E-state index contributed by atoms with van der Waals surface area (Å²) < 4.78 is 0. The molecule has 17 aromatic carbocycles. The zero-order valence-electron chi connectivity index (χ0n) is 51.3. The van der Waals surface area contributed by atoms with Gasteiger partial charge in [-0.3, -0.25) is 0 Å². The molecule has 0 N–H and O–H groups in total. The van der Waals surface area contributed by atoms with Crippen molar-refractivity contribution in [2.24, 2.45) is 0 Å². The molecule has 4 aliphatic rings. The van der Waals surface area contributed by atoms with E-state index in [0.29, 0.717) is 0 Å². The van der Waals surface area contributed by atoms with Crippen molar-refractivity contribution in [3.63, 3.8) is 0 Å². The highest BCUT2D eigenvalue weighted by Crippen LogP contribution is 2.66.